The van der Waals surface area contributed by atoms with Crippen molar-refractivity contribution in [3.8, 4) is 0 Å². The molecule has 0 spiro atoms. The molecule has 2 aromatic carbocycles. The summed E-state index contributed by atoms with van der Waals surface area (Å²) < 4.78 is 5.34. The molecule has 2 atom stereocenters. The van der Waals surface area contributed by atoms with Gasteiger partial charge in [-0.05, 0) is 48.7 Å². The van der Waals surface area contributed by atoms with Gasteiger partial charge in [-0.2, -0.15) is 0 Å². The van der Waals surface area contributed by atoms with Crippen LogP contribution in [0.25, 0.3) is 0 Å². The Bertz CT molecular complexity index is 893. The van der Waals surface area contributed by atoms with Crippen LogP contribution in [0.2, 0.25) is 0 Å². The second-order valence-corrected chi connectivity index (χ2v) is 6.65. The molecule has 29 heavy (non-hydrogen) atoms. The Kier molecular flexibility index (Phi) is 6.53. The molecular weight excluding hydrogens is 378 g/mol. The second-order valence-electron chi connectivity index (χ2n) is 6.65. The van der Waals surface area contributed by atoms with Crippen LogP contribution in [-0.4, -0.2) is 41.1 Å². The number of hydrogen-bond donors (Lipinski definition) is 3. The van der Waals surface area contributed by atoms with Crippen molar-refractivity contribution in [3.63, 3.8) is 0 Å². The number of amides is 2. The van der Waals surface area contributed by atoms with Gasteiger partial charge in [0.1, 0.15) is 6.10 Å². The molecule has 0 saturated carbocycles. The van der Waals surface area contributed by atoms with Crippen molar-refractivity contribution in [1.82, 2.24) is 5.32 Å². The van der Waals surface area contributed by atoms with Crippen molar-refractivity contribution in [2.24, 2.45) is 0 Å². The minimum Gasteiger partial charge on any atom is -0.387 e. The lowest BCUT2D eigenvalue weighted by molar-refractivity contribution is -0.384. The Labute approximate surface area is 166 Å². The lowest BCUT2D eigenvalue weighted by atomic mass is 10.1. The molecular formula is C20H21N3O6. The normalized spacial score (nSPS) is 16.8. The van der Waals surface area contributed by atoms with Gasteiger partial charge >= 0.3 is 0 Å². The van der Waals surface area contributed by atoms with E-state index in [0.29, 0.717) is 29.8 Å². The third-order valence-corrected chi connectivity index (χ3v) is 4.56. The Morgan fingerprint density at radius 3 is 2.66 bits per heavy atom. The minimum absolute atomic E-state index is 0.0663. The number of nitro benzene ring substituents is 1. The fraction of sp³-hybridized carbons (Fsp3) is 0.300. The Hall–Kier alpha value is -3.30. The van der Waals surface area contributed by atoms with Gasteiger partial charge < -0.3 is 20.5 Å². The summed E-state index contributed by atoms with van der Waals surface area (Å²) in [5, 5.41) is 26.2. The molecule has 0 radical (unpaired) electrons. The van der Waals surface area contributed by atoms with Crippen LogP contribution in [-0.2, 0) is 9.53 Å². The maximum atomic E-state index is 12.4. The van der Waals surface area contributed by atoms with Crippen molar-refractivity contribution in [3.05, 3.63) is 69.8 Å². The molecule has 1 aliphatic rings. The molecule has 2 amide bonds. The lowest BCUT2D eigenvalue weighted by Crippen LogP contribution is -2.29. The zero-order valence-corrected chi connectivity index (χ0v) is 15.5. The average molecular weight is 399 g/mol. The van der Waals surface area contributed by atoms with Crippen molar-refractivity contribution in [2.75, 3.05) is 18.5 Å². The van der Waals surface area contributed by atoms with E-state index in [0.717, 1.165) is 6.42 Å². The summed E-state index contributed by atoms with van der Waals surface area (Å²) in [5.74, 6) is -0.659. The van der Waals surface area contributed by atoms with E-state index in [1.54, 1.807) is 24.3 Å². The molecule has 0 aliphatic carbocycles. The van der Waals surface area contributed by atoms with E-state index < -0.39 is 23.0 Å². The summed E-state index contributed by atoms with van der Waals surface area (Å²) in [6.45, 7) is 0.501. The smallest absolute Gasteiger partial charge is 0.269 e. The predicted octanol–water partition coefficient (Wildman–Crippen LogP) is 2.18. The molecule has 1 heterocycles. The van der Waals surface area contributed by atoms with Gasteiger partial charge in [0.05, 0.1) is 11.0 Å². The van der Waals surface area contributed by atoms with Crippen molar-refractivity contribution >= 4 is 23.2 Å². The lowest BCUT2D eigenvalue weighted by Gasteiger charge is -2.13. The second kappa shape index (κ2) is 9.26. The third kappa shape index (κ3) is 5.37. The molecule has 0 bridgehead atoms. The number of non-ortho nitro benzene ring substituents is 1. The maximum Gasteiger partial charge on any atom is 0.269 e. The number of benzene rings is 2. The van der Waals surface area contributed by atoms with Crippen LogP contribution in [0.4, 0.5) is 11.4 Å². The highest BCUT2D eigenvalue weighted by atomic mass is 16.6. The minimum atomic E-state index is -1.01. The molecule has 1 fully saturated rings. The van der Waals surface area contributed by atoms with E-state index in [2.05, 4.69) is 10.6 Å². The van der Waals surface area contributed by atoms with Gasteiger partial charge in [-0.25, -0.2) is 0 Å². The Morgan fingerprint density at radius 1 is 1.24 bits per heavy atom. The Balaban J connectivity index is 1.56. The number of rotatable bonds is 7. The standard InChI is InChI=1S/C20H21N3O6/c24-17(13-6-8-16(9-7-13)23(27)28)12-21-19(25)14-3-1-4-15(11-14)22-20(26)18-5-2-10-29-18/h1,3-4,6-9,11,17-18,24H,2,5,10,12H2,(H,21,25)(H,22,26)/t17-,18-/m1/s1. The first-order valence-corrected chi connectivity index (χ1v) is 9.17. The number of aliphatic hydroxyl groups is 1. The average Bonchev–Trinajstić information content (AvgIpc) is 3.27. The van der Waals surface area contributed by atoms with Crippen LogP contribution in [0.15, 0.2) is 48.5 Å². The molecule has 152 valence electrons. The third-order valence-electron chi connectivity index (χ3n) is 4.56. The fourth-order valence-electron chi connectivity index (χ4n) is 2.97. The summed E-state index contributed by atoms with van der Waals surface area (Å²) in [6, 6.07) is 11.9. The Morgan fingerprint density at radius 2 is 2.00 bits per heavy atom. The van der Waals surface area contributed by atoms with Gasteiger partial charge in [-0.15, -0.1) is 0 Å². The number of nitro groups is 1. The fourth-order valence-corrected chi connectivity index (χ4v) is 2.97. The first-order valence-electron chi connectivity index (χ1n) is 9.17. The zero-order chi connectivity index (χ0) is 20.8. The first kappa shape index (κ1) is 20.4. The van der Waals surface area contributed by atoms with Crippen LogP contribution in [0.5, 0.6) is 0 Å². The van der Waals surface area contributed by atoms with Gasteiger partial charge in [-0.3, -0.25) is 19.7 Å². The number of carbonyl (C=O) groups is 2. The van der Waals surface area contributed by atoms with Gasteiger partial charge in [0.15, 0.2) is 0 Å². The van der Waals surface area contributed by atoms with Gasteiger partial charge in [0, 0.05) is 36.5 Å². The molecule has 0 aromatic heterocycles. The number of carbonyl (C=O) groups excluding carboxylic acids is 2. The molecule has 9 heteroatoms. The number of nitrogens with zero attached hydrogens (tertiary/aromatic N) is 1. The van der Waals surface area contributed by atoms with E-state index in [1.165, 1.54) is 24.3 Å². The predicted molar refractivity (Wildman–Crippen MR) is 104 cm³/mol. The highest BCUT2D eigenvalue weighted by molar-refractivity contribution is 5.98. The van der Waals surface area contributed by atoms with Crippen molar-refractivity contribution in [2.45, 2.75) is 25.0 Å². The maximum absolute atomic E-state index is 12.4. The molecule has 0 unspecified atom stereocenters. The molecule has 2 aromatic rings. The van der Waals surface area contributed by atoms with E-state index in [4.69, 9.17) is 4.74 Å². The van der Waals surface area contributed by atoms with E-state index >= 15 is 0 Å². The zero-order valence-electron chi connectivity index (χ0n) is 15.5. The molecule has 3 N–H and O–H groups in total. The van der Waals surface area contributed by atoms with E-state index in [1.807, 2.05) is 0 Å². The first-order chi connectivity index (χ1) is 13.9. The quantitative estimate of drug-likeness (QED) is 0.483. The van der Waals surface area contributed by atoms with Gasteiger partial charge in [0.25, 0.3) is 17.5 Å². The summed E-state index contributed by atoms with van der Waals surface area (Å²) >= 11 is 0. The van der Waals surface area contributed by atoms with Gasteiger partial charge in [-0.1, -0.05) is 6.07 Å². The highest BCUT2D eigenvalue weighted by Gasteiger charge is 2.23. The summed E-state index contributed by atoms with van der Waals surface area (Å²) in [5.41, 5.74) is 1.18. The topological polar surface area (TPSA) is 131 Å². The van der Waals surface area contributed by atoms with Crippen LogP contribution in [0.1, 0.15) is 34.9 Å². The van der Waals surface area contributed by atoms with Crippen molar-refractivity contribution in [1.29, 1.82) is 0 Å². The van der Waals surface area contributed by atoms with Crippen molar-refractivity contribution < 1.29 is 24.4 Å². The molecule has 3 rings (SSSR count). The summed E-state index contributed by atoms with van der Waals surface area (Å²) in [6.07, 6.45) is 0.0379. The molecule has 9 nitrogen and oxygen atoms in total. The van der Waals surface area contributed by atoms with Crippen LogP contribution in [0.3, 0.4) is 0 Å². The number of hydrogen-bond acceptors (Lipinski definition) is 6. The molecule has 1 aliphatic heterocycles. The van der Waals surface area contributed by atoms with Crippen LogP contribution >= 0.6 is 0 Å². The summed E-state index contributed by atoms with van der Waals surface area (Å²) in [4.78, 5) is 34.6. The number of aliphatic hydroxyl groups excluding tert-OH is 1. The summed E-state index contributed by atoms with van der Waals surface area (Å²) in [7, 11) is 0. The molecule has 1 saturated heterocycles. The van der Waals surface area contributed by atoms with Crippen LogP contribution < -0.4 is 10.6 Å². The number of anilines is 1. The van der Waals surface area contributed by atoms with Gasteiger partial charge in [0.2, 0.25) is 0 Å². The largest absolute Gasteiger partial charge is 0.387 e. The number of nitrogens with one attached hydrogen (secondary N) is 2. The highest BCUT2D eigenvalue weighted by Crippen LogP contribution is 2.18. The van der Waals surface area contributed by atoms with E-state index in [9.17, 15) is 24.8 Å². The van der Waals surface area contributed by atoms with E-state index in [-0.39, 0.29) is 18.1 Å². The van der Waals surface area contributed by atoms with Crippen LogP contribution in [0, 0.1) is 10.1 Å². The SMILES string of the molecule is O=C(NC[C@@H](O)c1ccc([N+](=O)[O-])cc1)c1cccc(NC(=O)[C@H]2CCCO2)c1. The monoisotopic (exact) mass is 399 g/mol. The number of ether oxygens (including phenoxy) is 1.